The molecular weight excluding hydrogens is 290 g/mol. The van der Waals surface area contributed by atoms with E-state index in [1.165, 1.54) is 0 Å². The molecule has 1 heterocycles. The zero-order chi connectivity index (χ0) is 15.4. The lowest BCUT2D eigenvalue weighted by molar-refractivity contribution is -0.120. The molecule has 0 saturated heterocycles. The van der Waals surface area contributed by atoms with Crippen LogP contribution in [-0.2, 0) is 15.5 Å². The molecule has 1 aliphatic rings. The monoisotopic (exact) mass is 307 g/mol. The van der Waals surface area contributed by atoms with E-state index in [2.05, 4.69) is 0 Å². The van der Waals surface area contributed by atoms with Crippen molar-refractivity contribution in [3.63, 3.8) is 0 Å². The van der Waals surface area contributed by atoms with E-state index in [1.807, 2.05) is 19.1 Å². The van der Waals surface area contributed by atoms with Crippen molar-refractivity contribution in [1.29, 1.82) is 0 Å². The maximum absolute atomic E-state index is 11.8. The van der Waals surface area contributed by atoms with Crippen LogP contribution in [-0.4, -0.2) is 17.8 Å². The molecule has 0 fully saturated rings. The average Bonchev–Trinajstić information content (AvgIpc) is 2.46. The topological polar surface area (TPSA) is 69.4 Å². The summed E-state index contributed by atoms with van der Waals surface area (Å²) in [4.78, 5) is 23.4. The van der Waals surface area contributed by atoms with E-state index in [0.717, 1.165) is 17.5 Å². The van der Waals surface area contributed by atoms with Crippen LogP contribution < -0.4 is 10.5 Å². The summed E-state index contributed by atoms with van der Waals surface area (Å²) >= 11 is 5.80. The number of benzene rings is 1. The summed E-state index contributed by atoms with van der Waals surface area (Å²) in [6, 6.07) is 5.52. The molecule has 0 radical (unpaired) electrons. The van der Waals surface area contributed by atoms with Gasteiger partial charge in [-0.3, -0.25) is 9.59 Å². The maximum Gasteiger partial charge on any atom is 0.248 e. The summed E-state index contributed by atoms with van der Waals surface area (Å²) < 4.78 is 5.79. The highest BCUT2D eigenvalue weighted by atomic mass is 35.5. The molecule has 1 aromatic carbocycles. The fourth-order valence-electron chi connectivity index (χ4n) is 2.35. The molecule has 112 valence electrons. The number of alkyl halides is 1. The van der Waals surface area contributed by atoms with Crippen LogP contribution in [0.25, 0.3) is 6.08 Å². The first-order valence-corrected chi connectivity index (χ1v) is 7.47. The van der Waals surface area contributed by atoms with Crippen LogP contribution in [0.15, 0.2) is 23.8 Å². The van der Waals surface area contributed by atoms with E-state index < -0.39 is 12.0 Å². The number of Topliss-reactive ketones (excluding diaryl/α,β-unsaturated/α-hetero) is 1. The van der Waals surface area contributed by atoms with Crippen molar-refractivity contribution in [2.45, 2.75) is 38.2 Å². The Balaban J connectivity index is 2.30. The van der Waals surface area contributed by atoms with Crippen molar-refractivity contribution in [2.24, 2.45) is 5.73 Å². The van der Waals surface area contributed by atoms with Crippen LogP contribution in [0.4, 0.5) is 0 Å². The van der Waals surface area contributed by atoms with Crippen LogP contribution >= 0.6 is 11.6 Å². The molecule has 0 aliphatic carbocycles. The number of carbonyl (C=O) groups is 2. The van der Waals surface area contributed by atoms with Crippen molar-refractivity contribution in [3.8, 4) is 5.75 Å². The van der Waals surface area contributed by atoms with Gasteiger partial charge in [0.1, 0.15) is 17.6 Å². The Labute approximate surface area is 128 Å². The first-order valence-electron chi connectivity index (χ1n) is 6.93. The Hall–Kier alpha value is -1.81. The predicted octanol–water partition coefficient (Wildman–Crippen LogP) is 2.81. The quantitative estimate of drug-likeness (QED) is 0.822. The Kier molecular flexibility index (Phi) is 5.02. The largest absolute Gasteiger partial charge is 0.484 e. The van der Waals surface area contributed by atoms with Crippen LogP contribution in [0, 0.1) is 0 Å². The summed E-state index contributed by atoms with van der Waals surface area (Å²) in [5, 5.41) is 0. The van der Waals surface area contributed by atoms with Gasteiger partial charge in [0.05, 0.1) is 5.57 Å². The number of hydrogen-bond acceptors (Lipinski definition) is 3. The van der Waals surface area contributed by atoms with Gasteiger partial charge in [-0.05, 0) is 30.2 Å². The summed E-state index contributed by atoms with van der Waals surface area (Å²) in [7, 11) is 0. The second-order valence-electron chi connectivity index (χ2n) is 5.07. The van der Waals surface area contributed by atoms with Crippen molar-refractivity contribution in [3.05, 3.63) is 34.9 Å². The summed E-state index contributed by atoms with van der Waals surface area (Å²) in [5.74, 6) is 0.524. The highest BCUT2D eigenvalue weighted by molar-refractivity contribution is 6.17. The molecule has 5 heteroatoms. The molecule has 0 aromatic heterocycles. The van der Waals surface area contributed by atoms with Crippen LogP contribution in [0.1, 0.15) is 37.3 Å². The van der Waals surface area contributed by atoms with Gasteiger partial charge in [-0.15, -0.1) is 11.6 Å². The van der Waals surface area contributed by atoms with E-state index in [1.54, 1.807) is 12.1 Å². The summed E-state index contributed by atoms with van der Waals surface area (Å²) in [6.45, 7) is 1.94. The normalized spacial score (nSPS) is 16.7. The predicted molar refractivity (Wildman–Crippen MR) is 82.1 cm³/mol. The van der Waals surface area contributed by atoms with E-state index in [0.29, 0.717) is 23.6 Å². The van der Waals surface area contributed by atoms with E-state index in [-0.39, 0.29) is 12.2 Å². The Bertz CT molecular complexity index is 595. The standard InChI is InChI=1S/C16H18ClNO3/c1-2-3-12(19)8-15-13(16(18)20)7-11-6-10(9-17)4-5-14(11)21-15/h4-7,15H,2-3,8-9H2,1H3,(H2,18,20). The first kappa shape index (κ1) is 15.6. The zero-order valence-corrected chi connectivity index (χ0v) is 12.7. The fourth-order valence-corrected chi connectivity index (χ4v) is 2.51. The molecule has 1 atom stereocenters. The SMILES string of the molecule is CCCC(=O)CC1Oc2ccc(CCl)cc2C=C1C(N)=O. The molecule has 4 nitrogen and oxygen atoms in total. The van der Waals surface area contributed by atoms with Crippen molar-refractivity contribution >= 4 is 29.4 Å². The number of hydrogen-bond donors (Lipinski definition) is 1. The smallest absolute Gasteiger partial charge is 0.248 e. The third-order valence-corrected chi connectivity index (χ3v) is 3.69. The van der Waals surface area contributed by atoms with Crippen molar-refractivity contribution in [2.75, 3.05) is 0 Å². The second kappa shape index (κ2) is 6.76. The number of fused-ring (bicyclic) bond motifs is 1. The second-order valence-corrected chi connectivity index (χ2v) is 5.34. The lowest BCUT2D eigenvalue weighted by Gasteiger charge is -2.25. The molecule has 0 spiro atoms. The van der Waals surface area contributed by atoms with Gasteiger partial charge in [-0.25, -0.2) is 0 Å². The molecule has 1 aliphatic heterocycles. The maximum atomic E-state index is 11.8. The number of rotatable bonds is 6. The minimum atomic E-state index is -0.601. The van der Waals surface area contributed by atoms with Gasteiger partial charge in [0.25, 0.3) is 0 Å². The van der Waals surface area contributed by atoms with E-state index in [9.17, 15) is 9.59 Å². The molecule has 1 amide bonds. The van der Waals surface area contributed by atoms with Crippen molar-refractivity contribution < 1.29 is 14.3 Å². The van der Waals surface area contributed by atoms with Gasteiger partial charge in [0, 0.05) is 24.3 Å². The highest BCUT2D eigenvalue weighted by Crippen LogP contribution is 2.32. The molecule has 21 heavy (non-hydrogen) atoms. The third-order valence-electron chi connectivity index (χ3n) is 3.38. The van der Waals surface area contributed by atoms with Crippen LogP contribution in [0.5, 0.6) is 5.75 Å². The van der Waals surface area contributed by atoms with Crippen molar-refractivity contribution in [1.82, 2.24) is 0 Å². The number of halogens is 1. The average molecular weight is 308 g/mol. The molecule has 2 rings (SSSR count). The van der Waals surface area contributed by atoms with Crippen LogP contribution in [0.3, 0.4) is 0 Å². The van der Waals surface area contributed by atoms with Gasteiger partial charge < -0.3 is 10.5 Å². The first-order chi connectivity index (χ1) is 10.0. The Morgan fingerprint density at radius 3 is 2.76 bits per heavy atom. The van der Waals surface area contributed by atoms with Gasteiger partial charge in [0.2, 0.25) is 5.91 Å². The number of ketones is 1. The Morgan fingerprint density at radius 1 is 1.38 bits per heavy atom. The minimum Gasteiger partial charge on any atom is -0.484 e. The number of ether oxygens (including phenoxy) is 1. The van der Waals surface area contributed by atoms with Gasteiger partial charge in [-0.1, -0.05) is 13.0 Å². The molecule has 1 aromatic rings. The number of primary amides is 1. The lowest BCUT2D eigenvalue weighted by atomic mass is 9.96. The van der Waals surface area contributed by atoms with E-state index in [4.69, 9.17) is 22.1 Å². The number of nitrogens with two attached hydrogens (primary N) is 1. The zero-order valence-electron chi connectivity index (χ0n) is 11.9. The number of amides is 1. The van der Waals surface area contributed by atoms with Gasteiger partial charge in [-0.2, -0.15) is 0 Å². The van der Waals surface area contributed by atoms with Gasteiger partial charge in [0.15, 0.2) is 0 Å². The third kappa shape index (κ3) is 3.64. The minimum absolute atomic E-state index is 0.0653. The van der Waals surface area contributed by atoms with Crippen LogP contribution in [0.2, 0.25) is 0 Å². The summed E-state index contributed by atoms with van der Waals surface area (Å²) in [5.41, 5.74) is 7.44. The number of carbonyl (C=O) groups excluding carboxylic acids is 2. The molecule has 1 unspecified atom stereocenters. The fraction of sp³-hybridized carbons (Fsp3) is 0.375. The molecule has 2 N–H and O–H groups in total. The van der Waals surface area contributed by atoms with Gasteiger partial charge >= 0.3 is 0 Å². The summed E-state index contributed by atoms with van der Waals surface area (Å²) in [6.07, 6.45) is 2.51. The lowest BCUT2D eigenvalue weighted by Crippen LogP contribution is -2.32. The molecule has 0 saturated carbocycles. The van der Waals surface area contributed by atoms with E-state index >= 15 is 0 Å². The molecular formula is C16H18ClNO3. The molecule has 0 bridgehead atoms. The highest BCUT2D eigenvalue weighted by Gasteiger charge is 2.28. The Morgan fingerprint density at radius 2 is 2.14 bits per heavy atom.